The first-order valence-corrected chi connectivity index (χ1v) is 8.11. The standard InChI is InChI=1S/C12H18N4O4S/c1-2-12(6-3-7-12)15-21(19,20)9-4-5-10(14-13)11(8-9)16(17)18/h4-5,8,14-15H,2-3,6-7,13H2,1H3. The van der Waals surface area contributed by atoms with Gasteiger partial charge in [0.2, 0.25) is 10.0 Å². The van der Waals surface area contributed by atoms with Gasteiger partial charge >= 0.3 is 0 Å². The van der Waals surface area contributed by atoms with E-state index in [0.29, 0.717) is 6.42 Å². The molecule has 0 atom stereocenters. The van der Waals surface area contributed by atoms with Crippen molar-refractivity contribution in [2.24, 2.45) is 5.84 Å². The Bertz CT molecular complexity index is 650. The molecule has 1 aliphatic carbocycles. The fourth-order valence-electron chi connectivity index (χ4n) is 2.43. The smallest absolute Gasteiger partial charge is 0.294 e. The summed E-state index contributed by atoms with van der Waals surface area (Å²) in [7, 11) is -3.79. The van der Waals surface area contributed by atoms with Gasteiger partial charge in [-0.25, -0.2) is 13.1 Å². The van der Waals surface area contributed by atoms with Crippen molar-refractivity contribution in [1.82, 2.24) is 4.72 Å². The number of hydrogen-bond acceptors (Lipinski definition) is 6. The van der Waals surface area contributed by atoms with Crippen LogP contribution in [-0.2, 0) is 10.0 Å². The lowest BCUT2D eigenvalue weighted by molar-refractivity contribution is -0.384. The van der Waals surface area contributed by atoms with Crippen molar-refractivity contribution in [3.8, 4) is 0 Å². The van der Waals surface area contributed by atoms with E-state index < -0.39 is 20.5 Å². The van der Waals surface area contributed by atoms with Gasteiger partial charge < -0.3 is 5.43 Å². The molecular formula is C12H18N4O4S. The fraction of sp³-hybridized carbons (Fsp3) is 0.500. The molecule has 0 amide bonds. The number of anilines is 1. The van der Waals surface area contributed by atoms with Crippen LogP contribution in [0.1, 0.15) is 32.6 Å². The second-order valence-electron chi connectivity index (χ2n) is 5.17. The molecule has 1 aromatic rings. The van der Waals surface area contributed by atoms with Crippen molar-refractivity contribution < 1.29 is 13.3 Å². The Labute approximate surface area is 122 Å². The SMILES string of the molecule is CCC1(NS(=O)(=O)c2ccc(NN)c([N+](=O)[O-])c2)CCC1. The van der Waals surface area contributed by atoms with Crippen molar-refractivity contribution in [2.45, 2.75) is 43.0 Å². The van der Waals surface area contributed by atoms with Gasteiger partial charge in [-0.1, -0.05) is 6.92 Å². The molecule has 0 heterocycles. The van der Waals surface area contributed by atoms with E-state index in [9.17, 15) is 18.5 Å². The van der Waals surface area contributed by atoms with E-state index >= 15 is 0 Å². The molecule has 0 saturated heterocycles. The number of sulfonamides is 1. The Morgan fingerprint density at radius 3 is 2.52 bits per heavy atom. The maximum absolute atomic E-state index is 12.4. The van der Waals surface area contributed by atoms with Gasteiger partial charge in [-0.3, -0.25) is 16.0 Å². The van der Waals surface area contributed by atoms with E-state index in [0.717, 1.165) is 25.3 Å². The highest BCUT2D eigenvalue weighted by Crippen LogP contribution is 2.36. The molecule has 1 fully saturated rings. The zero-order valence-corrected chi connectivity index (χ0v) is 12.4. The summed E-state index contributed by atoms with van der Waals surface area (Å²) in [4.78, 5) is 10.2. The number of nitrogen functional groups attached to an aromatic ring is 1. The molecule has 1 aromatic carbocycles. The van der Waals surface area contributed by atoms with Crippen LogP contribution in [0, 0.1) is 10.1 Å². The molecule has 1 aliphatic rings. The molecule has 0 radical (unpaired) electrons. The van der Waals surface area contributed by atoms with Crippen LogP contribution >= 0.6 is 0 Å². The molecular weight excluding hydrogens is 296 g/mol. The van der Waals surface area contributed by atoms with Gasteiger partial charge in [0.1, 0.15) is 5.69 Å². The Morgan fingerprint density at radius 1 is 1.43 bits per heavy atom. The zero-order chi connectivity index (χ0) is 15.7. The van der Waals surface area contributed by atoms with E-state index in [2.05, 4.69) is 10.1 Å². The fourth-order valence-corrected chi connectivity index (χ4v) is 3.98. The quantitative estimate of drug-likeness (QED) is 0.414. The maximum atomic E-state index is 12.4. The molecule has 4 N–H and O–H groups in total. The second kappa shape index (κ2) is 5.58. The maximum Gasteiger partial charge on any atom is 0.294 e. The highest BCUT2D eigenvalue weighted by molar-refractivity contribution is 7.89. The van der Waals surface area contributed by atoms with Crippen LogP contribution in [0.15, 0.2) is 23.1 Å². The molecule has 116 valence electrons. The van der Waals surface area contributed by atoms with E-state index in [4.69, 9.17) is 5.84 Å². The van der Waals surface area contributed by atoms with Crippen LogP contribution in [0.4, 0.5) is 11.4 Å². The van der Waals surface area contributed by atoms with Crippen molar-refractivity contribution in [3.05, 3.63) is 28.3 Å². The first-order chi connectivity index (χ1) is 9.83. The molecule has 0 unspecified atom stereocenters. The third-order valence-electron chi connectivity index (χ3n) is 3.97. The molecule has 21 heavy (non-hydrogen) atoms. The summed E-state index contributed by atoms with van der Waals surface area (Å²) in [6, 6.07) is 3.60. The van der Waals surface area contributed by atoms with E-state index in [1.54, 1.807) is 0 Å². The molecule has 0 bridgehead atoms. The summed E-state index contributed by atoms with van der Waals surface area (Å²) in [6.07, 6.45) is 3.24. The molecule has 0 aliphatic heterocycles. The number of rotatable bonds is 6. The number of hydrogen-bond donors (Lipinski definition) is 3. The minimum Gasteiger partial charge on any atom is -0.318 e. The van der Waals surface area contributed by atoms with Gasteiger partial charge in [-0.05, 0) is 37.8 Å². The van der Waals surface area contributed by atoms with Crippen LogP contribution in [0.5, 0.6) is 0 Å². The van der Waals surface area contributed by atoms with Gasteiger partial charge in [-0.2, -0.15) is 0 Å². The first-order valence-electron chi connectivity index (χ1n) is 6.62. The lowest BCUT2D eigenvalue weighted by Crippen LogP contribution is -2.52. The van der Waals surface area contributed by atoms with Crippen LogP contribution in [0.25, 0.3) is 0 Å². The number of nitro groups is 1. The van der Waals surface area contributed by atoms with Crippen LogP contribution in [-0.4, -0.2) is 18.9 Å². The minimum absolute atomic E-state index is 0.0628. The molecule has 0 spiro atoms. The topological polar surface area (TPSA) is 127 Å². The van der Waals surface area contributed by atoms with Crippen LogP contribution in [0.2, 0.25) is 0 Å². The van der Waals surface area contributed by atoms with Crippen molar-refractivity contribution in [3.63, 3.8) is 0 Å². The van der Waals surface area contributed by atoms with Crippen molar-refractivity contribution in [2.75, 3.05) is 5.43 Å². The zero-order valence-electron chi connectivity index (χ0n) is 11.6. The molecule has 8 nitrogen and oxygen atoms in total. The highest BCUT2D eigenvalue weighted by Gasteiger charge is 2.39. The highest BCUT2D eigenvalue weighted by atomic mass is 32.2. The molecule has 2 rings (SSSR count). The van der Waals surface area contributed by atoms with Gasteiger partial charge in [-0.15, -0.1) is 0 Å². The number of nitro benzene ring substituents is 1. The molecule has 0 aromatic heterocycles. The summed E-state index contributed by atoms with van der Waals surface area (Å²) in [6.45, 7) is 1.92. The predicted molar refractivity (Wildman–Crippen MR) is 78.1 cm³/mol. The van der Waals surface area contributed by atoms with Crippen LogP contribution < -0.4 is 16.0 Å². The lowest BCUT2D eigenvalue weighted by Gasteiger charge is -2.41. The Kier molecular flexibility index (Phi) is 4.17. The van der Waals surface area contributed by atoms with Gasteiger partial charge in [0, 0.05) is 11.6 Å². The van der Waals surface area contributed by atoms with Crippen molar-refractivity contribution in [1.29, 1.82) is 0 Å². The number of nitrogens with zero attached hydrogens (tertiary/aromatic N) is 1. The predicted octanol–water partition coefficient (Wildman–Crippen LogP) is 1.49. The summed E-state index contributed by atoms with van der Waals surface area (Å²) in [5.74, 6) is 5.18. The van der Waals surface area contributed by atoms with Crippen LogP contribution in [0.3, 0.4) is 0 Å². The van der Waals surface area contributed by atoms with E-state index in [1.165, 1.54) is 12.1 Å². The third kappa shape index (κ3) is 2.99. The number of nitrogens with one attached hydrogen (secondary N) is 2. The van der Waals surface area contributed by atoms with Gasteiger partial charge in [0.05, 0.1) is 9.82 Å². The number of benzene rings is 1. The largest absolute Gasteiger partial charge is 0.318 e. The van der Waals surface area contributed by atoms with Crippen molar-refractivity contribution >= 4 is 21.4 Å². The Balaban J connectivity index is 2.36. The second-order valence-corrected chi connectivity index (χ2v) is 6.86. The summed E-state index contributed by atoms with van der Waals surface area (Å²) >= 11 is 0. The summed E-state index contributed by atoms with van der Waals surface area (Å²) in [5.41, 5.74) is 1.45. The Morgan fingerprint density at radius 2 is 2.10 bits per heavy atom. The summed E-state index contributed by atoms with van der Waals surface area (Å²) < 4.78 is 27.5. The van der Waals surface area contributed by atoms with Gasteiger partial charge in [0.15, 0.2) is 0 Å². The normalized spacial score (nSPS) is 17.0. The van der Waals surface area contributed by atoms with E-state index in [-0.39, 0.29) is 16.3 Å². The van der Waals surface area contributed by atoms with Gasteiger partial charge in [0.25, 0.3) is 5.69 Å². The lowest BCUT2D eigenvalue weighted by atomic mass is 9.76. The third-order valence-corrected chi connectivity index (χ3v) is 5.55. The average Bonchev–Trinajstić information content (AvgIpc) is 2.42. The molecule has 1 saturated carbocycles. The first kappa shape index (κ1) is 15.7. The minimum atomic E-state index is -3.79. The monoisotopic (exact) mass is 314 g/mol. The summed E-state index contributed by atoms with van der Waals surface area (Å²) in [5, 5.41) is 11.0. The number of hydrazine groups is 1. The van der Waals surface area contributed by atoms with E-state index in [1.807, 2.05) is 6.92 Å². The molecule has 9 heteroatoms. The number of nitrogens with two attached hydrogens (primary N) is 1. The average molecular weight is 314 g/mol. The Hall–Kier alpha value is -1.71.